The van der Waals surface area contributed by atoms with Crippen LogP contribution in [0, 0.1) is 25.7 Å². The topological polar surface area (TPSA) is 49.4 Å². The van der Waals surface area contributed by atoms with Gasteiger partial charge in [0.25, 0.3) is 0 Å². The highest BCUT2D eigenvalue weighted by molar-refractivity contribution is 5.93. The minimum absolute atomic E-state index is 0.0168. The van der Waals surface area contributed by atoms with Gasteiger partial charge in [0.1, 0.15) is 0 Å². The van der Waals surface area contributed by atoms with Crippen LogP contribution in [0.2, 0.25) is 0 Å². The Hall–Kier alpha value is -1.84. The second-order valence-electron chi connectivity index (χ2n) is 6.68. The Kier molecular flexibility index (Phi) is 4.19. The minimum atomic E-state index is 0.0168. The van der Waals surface area contributed by atoms with Crippen LogP contribution in [0.3, 0.4) is 0 Å². The Bertz CT molecular complexity index is 585. The van der Waals surface area contributed by atoms with Crippen LogP contribution in [0.4, 0.5) is 5.69 Å². The molecule has 22 heavy (non-hydrogen) atoms. The second kappa shape index (κ2) is 6.11. The van der Waals surface area contributed by atoms with Crippen LogP contribution in [0.15, 0.2) is 18.2 Å². The number of carbonyl (C=O) groups is 2. The average Bonchev–Trinajstić information content (AvgIpc) is 3.35. The molecule has 1 aliphatic carbocycles. The van der Waals surface area contributed by atoms with Crippen LogP contribution in [-0.4, -0.2) is 29.8 Å². The molecule has 118 valence electrons. The lowest BCUT2D eigenvalue weighted by Gasteiger charge is -2.31. The van der Waals surface area contributed by atoms with Crippen molar-refractivity contribution >= 4 is 17.5 Å². The molecule has 0 unspecified atom stereocenters. The van der Waals surface area contributed by atoms with E-state index in [2.05, 4.69) is 5.32 Å². The van der Waals surface area contributed by atoms with Crippen molar-refractivity contribution in [1.82, 2.24) is 4.90 Å². The number of nitrogens with one attached hydrogen (secondary N) is 1. The first-order valence-corrected chi connectivity index (χ1v) is 8.21. The van der Waals surface area contributed by atoms with Gasteiger partial charge in [0.15, 0.2) is 0 Å². The highest BCUT2D eigenvalue weighted by Crippen LogP contribution is 2.32. The van der Waals surface area contributed by atoms with Crippen LogP contribution in [0.25, 0.3) is 0 Å². The fraction of sp³-hybridized carbons (Fsp3) is 0.556. The summed E-state index contributed by atoms with van der Waals surface area (Å²) in [6.45, 7) is 5.48. The standard InChI is InChI=1S/C18H24N2O2/c1-12-3-4-13(2)16(11-12)19-17(21)14-7-9-20(10-8-14)18(22)15-5-6-15/h3-4,11,14-15H,5-10H2,1-2H3,(H,19,21). The first-order chi connectivity index (χ1) is 10.5. The van der Waals surface area contributed by atoms with E-state index in [4.69, 9.17) is 0 Å². The number of rotatable bonds is 3. The molecule has 4 nitrogen and oxygen atoms in total. The lowest BCUT2D eigenvalue weighted by Crippen LogP contribution is -2.42. The zero-order chi connectivity index (χ0) is 15.7. The lowest BCUT2D eigenvalue weighted by molar-refractivity contribution is -0.135. The monoisotopic (exact) mass is 300 g/mol. The molecule has 0 radical (unpaired) electrons. The van der Waals surface area contributed by atoms with Crippen molar-refractivity contribution in [1.29, 1.82) is 0 Å². The minimum Gasteiger partial charge on any atom is -0.342 e. The molecule has 0 atom stereocenters. The van der Waals surface area contributed by atoms with E-state index >= 15 is 0 Å². The molecule has 4 heteroatoms. The average molecular weight is 300 g/mol. The maximum absolute atomic E-state index is 12.4. The molecule has 1 aromatic rings. The molecule has 1 aliphatic heterocycles. The van der Waals surface area contributed by atoms with Crippen molar-refractivity contribution in [3.05, 3.63) is 29.3 Å². The molecule has 1 saturated carbocycles. The molecule has 1 heterocycles. The van der Waals surface area contributed by atoms with Crippen LogP contribution < -0.4 is 5.32 Å². The second-order valence-corrected chi connectivity index (χ2v) is 6.68. The number of carbonyl (C=O) groups excluding carboxylic acids is 2. The van der Waals surface area contributed by atoms with E-state index in [1.165, 1.54) is 0 Å². The van der Waals surface area contributed by atoms with Gasteiger partial charge in [0, 0.05) is 30.6 Å². The van der Waals surface area contributed by atoms with Crippen molar-refractivity contribution in [2.75, 3.05) is 18.4 Å². The van der Waals surface area contributed by atoms with E-state index in [-0.39, 0.29) is 17.7 Å². The number of benzene rings is 1. The summed E-state index contributed by atoms with van der Waals surface area (Å²) in [7, 11) is 0. The van der Waals surface area contributed by atoms with Gasteiger partial charge in [-0.1, -0.05) is 12.1 Å². The summed E-state index contributed by atoms with van der Waals surface area (Å²) in [5, 5.41) is 3.06. The summed E-state index contributed by atoms with van der Waals surface area (Å²) in [5.41, 5.74) is 3.13. The van der Waals surface area contributed by atoms with Gasteiger partial charge in [0.05, 0.1) is 0 Å². The summed E-state index contributed by atoms with van der Waals surface area (Å²) >= 11 is 0. The molecule has 0 bridgehead atoms. The molecular formula is C18H24N2O2. The normalized spacial score (nSPS) is 19.1. The highest BCUT2D eigenvalue weighted by atomic mass is 16.2. The lowest BCUT2D eigenvalue weighted by atomic mass is 9.95. The smallest absolute Gasteiger partial charge is 0.227 e. The molecular weight excluding hydrogens is 276 g/mol. The Labute approximate surface area is 131 Å². The Morgan fingerprint density at radius 1 is 1.05 bits per heavy atom. The summed E-state index contributed by atoms with van der Waals surface area (Å²) < 4.78 is 0. The number of piperidine rings is 1. The zero-order valence-electron chi connectivity index (χ0n) is 13.4. The molecule has 0 aromatic heterocycles. The van der Waals surface area contributed by atoms with Crippen molar-refractivity contribution < 1.29 is 9.59 Å². The molecule has 1 aromatic carbocycles. The maximum Gasteiger partial charge on any atom is 0.227 e. The van der Waals surface area contributed by atoms with Crippen molar-refractivity contribution in [3.8, 4) is 0 Å². The van der Waals surface area contributed by atoms with Gasteiger partial charge in [0.2, 0.25) is 11.8 Å². The van der Waals surface area contributed by atoms with E-state index in [0.29, 0.717) is 5.91 Å². The van der Waals surface area contributed by atoms with Gasteiger partial charge in [-0.25, -0.2) is 0 Å². The van der Waals surface area contributed by atoms with Gasteiger partial charge >= 0.3 is 0 Å². The van der Waals surface area contributed by atoms with E-state index < -0.39 is 0 Å². The highest BCUT2D eigenvalue weighted by Gasteiger charge is 2.35. The van der Waals surface area contributed by atoms with Gasteiger partial charge in [-0.05, 0) is 56.7 Å². The first kappa shape index (κ1) is 15.1. The predicted molar refractivity (Wildman–Crippen MR) is 86.6 cm³/mol. The SMILES string of the molecule is Cc1ccc(C)c(NC(=O)C2CCN(C(=O)C3CC3)CC2)c1. The van der Waals surface area contributed by atoms with Gasteiger partial charge in [-0.15, -0.1) is 0 Å². The quantitative estimate of drug-likeness (QED) is 0.933. The van der Waals surface area contributed by atoms with Crippen molar-refractivity contribution in [3.63, 3.8) is 0 Å². The number of hydrogen-bond acceptors (Lipinski definition) is 2. The molecule has 1 N–H and O–H groups in total. The Balaban J connectivity index is 1.55. The van der Waals surface area contributed by atoms with Crippen LogP contribution in [0.1, 0.15) is 36.8 Å². The number of likely N-dealkylation sites (tertiary alicyclic amines) is 1. The fourth-order valence-electron chi connectivity index (χ4n) is 3.06. The predicted octanol–water partition coefficient (Wildman–Crippen LogP) is 2.89. The number of amides is 2. The first-order valence-electron chi connectivity index (χ1n) is 8.21. The van der Waals surface area contributed by atoms with Gasteiger partial charge in [-0.2, -0.15) is 0 Å². The maximum atomic E-state index is 12.4. The third-order valence-electron chi connectivity index (χ3n) is 4.75. The van der Waals surface area contributed by atoms with Crippen molar-refractivity contribution in [2.24, 2.45) is 11.8 Å². The van der Waals surface area contributed by atoms with E-state index in [9.17, 15) is 9.59 Å². The molecule has 3 rings (SSSR count). The van der Waals surface area contributed by atoms with E-state index in [1.54, 1.807) is 0 Å². The molecule has 1 saturated heterocycles. The number of hydrogen-bond donors (Lipinski definition) is 1. The number of aryl methyl sites for hydroxylation is 2. The summed E-state index contributed by atoms with van der Waals surface area (Å²) in [6, 6.07) is 6.09. The van der Waals surface area contributed by atoms with Crippen LogP contribution in [-0.2, 0) is 9.59 Å². The largest absolute Gasteiger partial charge is 0.342 e. The molecule has 2 amide bonds. The van der Waals surface area contributed by atoms with E-state index in [0.717, 1.165) is 55.6 Å². The number of nitrogens with zero attached hydrogens (tertiary/aromatic N) is 1. The number of anilines is 1. The Morgan fingerprint density at radius 3 is 2.36 bits per heavy atom. The molecule has 0 spiro atoms. The van der Waals surface area contributed by atoms with Crippen molar-refractivity contribution in [2.45, 2.75) is 39.5 Å². The van der Waals surface area contributed by atoms with E-state index in [1.807, 2.05) is 36.9 Å². The molecule has 2 aliphatic rings. The third kappa shape index (κ3) is 3.32. The van der Waals surface area contributed by atoms with Crippen LogP contribution in [0.5, 0.6) is 0 Å². The molecule has 2 fully saturated rings. The summed E-state index contributed by atoms with van der Waals surface area (Å²) in [5.74, 6) is 0.684. The summed E-state index contributed by atoms with van der Waals surface area (Å²) in [6.07, 6.45) is 3.64. The van der Waals surface area contributed by atoms with Crippen LogP contribution >= 0.6 is 0 Å². The van der Waals surface area contributed by atoms with Gasteiger partial charge in [-0.3, -0.25) is 9.59 Å². The van der Waals surface area contributed by atoms with Gasteiger partial charge < -0.3 is 10.2 Å². The Morgan fingerprint density at radius 2 is 1.73 bits per heavy atom. The fourth-order valence-corrected chi connectivity index (χ4v) is 3.06. The summed E-state index contributed by atoms with van der Waals surface area (Å²) in [4.78, 5) is 26.4. The third-order valence-corrected chi connectivity index (χ3v) is 4.75. The zero-order valence-corrected chi connectivity index (χ0v) is 13.4.